The number of rotatable bonds is 7. The average molecular weight is 288 g/mol. The number of halogens is 2. The van der Waals surface area contributed by atoms with Crippen LogP contribution >= 0.6 is 11.6 Å². The summed E-state index contributed by atoms with van der Waals surface area (Å²) in [6.45, 7) is 9.65. The van der Waals surface area contributed by atoms with Crippen LogP contribution < -0.4 is 5.32 Å². The minimum absolute atomic E-state index is 0.0552. The van der Waals surface area contributed by atoms with E-state index in [9.17, 15) is 4.39 Å². The zero-order valence-electron chi connectivity index (χ0n) is 12.0. The Morgan fingerprint density at radius 3 is 2.53 bits per heavy atom. The topological polar surface area (TPSA) is 21.3 Å². The zero-order chi connectivity index (χ0) is 14.4. The van der Waals surface area contributed by atoms with Gasteiger partial charge in [-0.2, -0.15) is 0 Å². The molecule has 0 fully saturated rings. The fourth-order valence-electron chi connectivity index (χ4n) is 1.88. The van der Waals surface area contributed by atoms with Crippen LogP contribution in [0.3, 0.4) is 0 Å². The quantitative estimate of drug-likeness (QED) is 0.812. The molecular formula is C15H23ClFNO. The smallest absolute Gasteiger partial charge is 0.142 e. The first-order valence-electron chi connectivity index (χ1n) is 6.74. The van der Waals surface area contributed by atoms with Crippen molar-refractivity contribution in [2.75, 3.05) is 13.2 Å². The van der Waals surface area contributed by atoms with Gasteiger partial charge in [0.15, 0.2) is 0 Å². The fourth-order valence-corrected chi connectivity index (χ4v) is 1.99. The number of ether oxygens (including phenoxy) is 1. The molecule has 0 aliphatic carbocycles. The van der Waals surface area contributed by atoms with Gasteiger partial charge in [-0.05, 0) is 37.5 Å². The Hall–Kier alpha value is -0.640. The van der Waals surface area contributed by atoms with Crippen LogP contribution in [0.25, 0.3) is 0 Å². The highest BCUT2D eigenvalue weighted by Gasteiger charge is 2.17. The molecular weight excluding hydrogens is 265 g/mol. The van der Waals surface area contributed by atoms with Gasteiger partial charge in [0.05, 0.1) is 11.6 Å². The van der Waals surface area contributed by atoms with Gasteiger partial charge in [0.2, 0.25) is 0 Å². The molecule has 0 amide bonds. The summed E-state index contributed by atoms with van der Waals surface area (Å²) < 4.78 is 18.9. The lowest BCUT2D eigenvalue weighted by molar-refractivity contribution is 0.104. The van der Waals surface area contributed by atoms with E-state index < -0.39 is 0 Å². The average Bonchev–Trinajstić information content (AvgIpc) is 2.37. The van der Waals surface area contributed by atoms with Crippen LogP contribution in [0.2, 0.25) is 5.02 Å². The summed E-state index contributed by atoms with van der Waals surface area (Å²) in [5, 5.41) is 3.64. The Bertz CT molecular complexity index is 398. The van der Waals surface area contributed by atoms with Crippen LogP contribution in [-0.2, 0) is 4.74 Å². The summed E-state index contributed by atoms with van der Waals surface area (Å²) in [6, 6.07) is 5.23. The summed E-state index contributed by atoms with van der Waals surface area (Å²) in [5.41, 5.74) is 0.893. The normalized spacial score (nSPS) is 14.7. The molecule has 0 aliphatic rings. The minimum Gasteiger partial charge on any atom is -0.380 e. The summed E-state index contributed by atoms with van der Waals surface area (Å²) in [6.07, 6.45) is 0. The third-order valence-electron chi connectivity index (χ3n) is 3.21. The van der Waals surface area contributed by atoms with Crippen LogP contribution in [0, 0.1) is 11.7 Å². The standard InChI is InChI=1S/C15H23ClFNO/c1-5-19-9-15(10(2)3)18-11(4)12-6-7-13(16)14(17)8-12/h6-8,10-11,15,18H,5,9H2,1-4H3. The third-order valence-corrected chi connectivity index (χ3v) is 3.52. The second-order valence-corrected chi connectivity index (χ2v) is 5.48. The fraction of sp³-hybridized carbons (Fsp3) is 0.600. The van der Waals surface area contributed by atoms with Crippen molar-refractivity contribution in [3.8, 4) is 0 Å². The highest BCUT2D eigenvalue weighted by atomic mass is 35.5. The Balaban J connectivity index is 2.69. The van der Waals surface area contributed by atoms with Crippen molar-refractivity contribution in [3.05, 3.63) is 34.6 Å². The molecule has 2 nitrogen and oxygen atoms in total. The molecule has 0 aromatic heterocycles. The van der Waals surface area contributed by atoms with E-state index in [1.54, 1.807) is 6.07 Å². The second kappa shape index (κ2) is 7.83. The lowest BCUT2D eigenvalue weighted by Gasteiger charge is -2.26. The van der Waals surface area contributed by atoms with Gasteiger partial charge in [-0.1, -0.05) is 31.5 Å². The monoisotopic (exact) mass is 287 g/mol. The molecule has 0 aliphatic heterocycles. The van der Waals surface area contributed by atoms with Gasteiger partial charge in [0.25, 0.3) is 0 Å². The number of hydrogen-bond donors (Lipinski definition) is 1. The molecule has 0 saturated carbocycles. The van der Waals surface area contributed by atoms with Gasteiger partial charge in [-0.3, -0.25) is 0 Å². The van der Waals surface area contributed by atoms with E-state index in [2.05, 4.69) is 19.2 Å². The van der Waals surface area contributed by atoms with Gasteiger partial charge in [0.1, 0.15) is 5.82 Å². The van der Waals surface area contributed by atoms with Gasteiger partial charge >= 0.3 is 0 Å². The summed E-state index contributed by atoms with van der Waals surface area (Å²) in [5.74, 6) is 0.0740. The number of benzene rings is 1. The van der Waals surface area contributed by atoms with E-state index in [0.29, 0.717) is 19.1 Å². The molecule has 1 aromatic carbocycles. The van der Waals surface area contributed by atoms with Crippen LogP contribution in [0.5, 0.6) is 0 Å². The minimum atomic E-state index is -0.376. The van der Waals surface area contributed by atoms with Gasteiger partial charge in [-0.25, -0.2) is 4.39 Å². The van der Waals surface area contributed by atoms with Gasteiger partial charge in [0, 0.05) is 18.7 Å². The van der Waals surface area contributed by atoms with E-state index in [1.807, 2.05) is 19.9 Å². The first kappa shape index (κ1) is 16.4. The first-order valence-corrected chi connectivity index (χ1v) is 7.12. The predicted octanol–water partition coefficient (Wildman–Crippen LogP) is 4.19. The Morgan fingerprint density at radius 2 is 2.00 bits per heavy atom. The Labute approximate surface area is 120 Å². The largest absolute Gasteiger partial charge is 0.380 e. The molecule has 0 heterocycles. The summed E-state index contributed by atoms with van der Waals surface area (Å²) in [4.78, 5) is 0. The molecule has 0 bridgehead atoms. The van der Waals surface area contributed by atoms with Gasteiger partial charge < -0.3 is 10.1 Å². The van der Waals surface area contributed by atoms with E-state index in [-0.39, 0.29) is 22.9 Å². The van der Waals surface area contributed by atoms with E-state index in [4.69, 9.17) is 16.3 Å². The number of nitrogens with one attached hydrogen (secondary N) is 1. The molecule has 1 N–H and O–H groups in total. The van der Waals surface area contributed by atoms with Crippen molar-refractivity contribution in [1.29, 1.82) is 0 Å². The van der Waals surface area contributed by atoms with Crippen molar-refractivity contribution in [2.24, 2.45) is 5.92 Å². The van der Waals surface area contributed by atoms with Crippen molar-refractivity contribution in [3.63, 3.8) is 0 Å². The zero-order valence-corrected chi connectivity index (χ0v) is 12.8. The van der Waals surface area contributed by atoms with Crippen molar-refractivity contribution in [2.45, 2.75) is 39.8 Å². The lowest BCUT2D eigenvalue weighted by Crippen LogP contribution is -2.39. The maximum atomic E-state index is 13.5. The summed E-state index contributed by atoms with van der Waals surface area (Å²) in [7, 11) is 0. The maximum Gasteiger partial charge on any atom is 0.142 e. The van der Waals surface area contributed by atoms with E-state index in [1.165, 1.54) is 6.07 Å². The van der Waals surface area contributed by atoms with Crippen LogP contribution in [-0.4, -0.2) is 19.3 Å². The third kappa shape index (κ3) is 5.09. The van der Waals surface area contributed by atoms with Crippen molar-refractivity contribution < 1.29 is 9.13 Å². The molecule has 19 heavy (non-hydrogen) atoms. The molecule has 1 rings (SSSR count). The molecule has 108 valence electrons. The first-order chi connectivity index (χ1) is 8.95. The molecule has 4 heteroatoms. The highest BCUT2D eigenvalue weighted by Crippen LogP contribution is 2.21. The van der Waals surface area contributed by atoms with Gasteiger partial charge in [-0.15, -0.1) is 0 Å². The van der Waals surface area contributed by atoms with E-state index >= 15 is 0 Å². The van der Waals surface area contributed by atoms with Crippen LogP contribution in [0.1, 0.15) is 39.3 Å². The second-order valence-electron chi connectivity index (χ2n) is 5.07. The van der Waals surface area contributed by atoms with Crippen molar-refractivity contribution >= 4 is 11.6 Å². The Morgan fingerprint density at radius 1 is 1.32 bits per heavy atom. The van der Waals surface area contributed by atoms with Crippen LogP contribution in [0.15, 0.2) is 18.2 Å². The SMILES string of the molecule is CCOCC(NC(C)c1ccc(Cl)c(F)c1)C(C)C. The maximum absolute atomic E-state index is 13.5. The lowest BCUT2D eigenvalue weighted by atomic mass is 10.0. The molecule has 2 unspecified atom stereocenters. The van der Waals surface area contributed by atoms with Crippen molar-refractivity contribution in [1.82, 2.24) is 5.32 Å². The molecule has 0 radical (unpaired) electrons. The number of hydrogen-bond acceptors (Lipinski definition) is 2. The van der Waals surface area contributed by atoms with Crippen LogP contribution in [0.4, 0.5) is 4.39 Å². The molecule has 0 spiro atoms. The molecule has 2 atom stereocenters. The molecule has 0 saturated heterocycles. The highest BCUT2D eigenvalue weighted by molar-refractivity contribution is 6.30. The predicted molar refractivity (Wildman–Crippen MR) is 78.1 cm³/mol. The van der Waals surface area contributed by atoms with E-state index in [0.717, 1.165) is 5.56 Å². The summed E-state index contributed by atoms with van der Waals surface area (Å²) >= 11 is 5.69. The molecule has 1 aromatic rings. The Kier molecular flexibility index (Phi) is 6.76.